The molecule has 1 aromatic carbocycles. The highest BCUT2D eigenvalue weighted by Crippen LogP contribution is 2.25. The van der Waals surface area contributed by atoms with Crippen LogP contribution in [0.4, 0.5) is 30.2 Å². The largest absolute Gasteiger partial charge is 0.397 e. The molecule has 0 atom stereocenters. The first-order chi connectivity index (χ1) is 7.79. The van der Waals surface area contributed by atoms with Crippen LogP contribution in [-0.4, -0.2) is 17.6 Å². The lowest BCUT2D eigenvalue weighted by molar-refractivity contribution is -0.384. The van der Waals surface area contributed by atoms with Crippen LogP contribution in [0.3, 0.4) is 0 Å². The first-order valence-corrected chi connectivity index (χ1v) is 4.64. The van der Waals surface area contributed by atoms with E-state index in [-0.39, 0.29) is 23.6 Å². The van der Waals surface area contributed by atoms with Gasteiger partial charge in [-0.3, -0.25) is 10.1 Å². The highest BCUT2D eigenvalue weighted by Gasteiger charge is 2.26. The number of nitrogens with two attached hydrogens (primary N) is 1. The van der Waals surface area contributed by atoms with Gasteiger partial charge in [0.15, 0.2) is 0 Å². The molecule has 0 unspecified atom stereocenters. The molecule has 0 fully saturated rings. The molecule has 0 aromatic heterocycles. The summed E-state index contributed by atoms with van der Waals surface area (Å²) in [7, 11) is 0. The van der Waals surface area contributed by atoms with E-state index in [0.717, 1.165) is 6.07 Å². The molecule has 17 heavy (non-hydrogen) atoms. The molecule has 0 bridgehead atoms. The molecule has 0 saturated carbocycles. The third-order valence-electron chi connectivity index (χ3n) is 1.97. The van der Waals surface area contributed by atoms with Crippen molar-refractivity contribution in [2.45, 2.75) is 12.6 Å². The average molecular weight is 249 g/mol. The zero-order valence-corrected chi connectivity index (χ0v) is 8.62. The monoisotopic (exact) mass is 249 g/mol. The van der Waals surface area contributed by atoms with Crippen molar-refractivity contribution in [3.05, 3.63) is 28.3 Å². The topological polar surface area (TPSA) is 81.2 Å². The van der Waals surface area contributed by atoms with Gasteiger partial charge in [-0.2, -0.15) is 13.2 Å². The summed E-state index contributed by atoms with van der Waals surface area (Å²) in [6.45, 7) is -0.328. The van der Waals surface area contributed by atoms with Gasteiger partial charge in [-0.15, -0.1) is 0 Å². The number of hydrogen-bond acceptors (Lipinski definition) is 4. The number of non-ortho nitro benzene ring substituents is 1. The molecule has 0 spiro atoms. The number of hydrogen-bond donors (Lipinski definition) is 2. The Morgan fingerprint density at radius 3 is 2.53 bits per heavy atom. The third kappa shape index (κ3) is 4.17. The molecule has 0 aliphatic carbocycles. The Hall–Kier alpha value is -1.99. The van der Waals surface area contributed by atoms with Crippen LogP contribution < -0.4 is 11.1 Å². The highest BCUT2D eigenvalue weighted by atomic mass is 19.4. The van der Waals surface area contributed by atoms with Crippen LogP contribution in [0.5, 0.6) is 0 Å². The molecule has 1 aromatic rings. The Morgan fingerprint density at radius 1 is 1.41 bits per heavy atom. The molecule has 0 radical (unpaired) electrons. The minimum atomic E-state index is -4.25. The Balaban J connectivity index is 2.64. The van der Waals surface area contributed by atoms with Crippen molar-refractivity contribution in [3.8, 4) is 0 Å². The van der Waals surface area contributed by atoms with E-state index in [4.69, 9.17) is 5.73 Å². The summed E-state index contributed by atoms with van der Waals surface area (Å²) < 4.78 is 35.6. The van der Waals surface area contributed by atoms with Gasteiger partial charge in [0.25, 0.3) is 5.69 Å². The summed E-state index contributed by atoms with van der Waals surface area (Å²) in [6, 6.07) is 3.55. The predicted molar refractivity (Wildman–Crippen MR) is 56.7 cm³/mol. The van der Waals surface area contributed by atoms with Gasteiger partial charge in [-0.25, -0.2) is 0 Å². The Labute approximate surface area is 94.6 Å². The molecular formula is C9H10F3N3O2. The fourth-order valence-corrected chi connectivity index (χ4v) is 1.16. The standard InChI is InChI=1S/C9H10F3N3O2/c10-9(11,12)3-4-14-8-2-1-6(15(16)17)5-7(8)13/h1-2,5,14H,3-4,13H2. The first-order valence-electron chi connectivity index (χ1n) is 4.64. The van der Waals surface area contributed by atoms with Crippen LogP contribution in [0.2, 0.25) is 0 Å². The quantitative estimate of drug-likeness (QED) is 0.488. The van der Waals surface area contributed by atoms with Crippen molar-refractivity contribution in [2.75, 3.05) is 17.6 Å². The second-order valence-electron chi connectivity index (χ2n) is 3.32. The van der Waals surface area contributed by atoms with Crippen molar-refractivity contribution in [2.24, 2.45) is 0 Å². The Kier molecular flexibility index (Phi) is 3.77. The van der Waals surface area contributed by atoms with E-state index in [1.807, 2.05) is 0 Å². The Morgan fingerprint density at radius 2 is 2.06 bits per heavy atom. The number of nitro benzene ring substituents is 1. The fraction of sp³-hybridized carbons (Fsp3) is 0.333. The SMILES string of the molecule is Nc1cc([N+](=O)[O-])ccc1NCCC(F)(F)F. The maximum Gasteiger partial charge on any atom is 0.390 e. The summed E-state index contributed by atoms with van der Waals surface area (Å²) in [5, 5.41) is 12.9. The number of halogens is 3. The van der Waals surface area contributed by atoms with Gasteiger partial charge in [-0.1, -0.05) is 0 Å². The molecule has 0 aliphatic heterocycles. The molecule has 5 nitrogen and oxygen atoms in total. The van der Waals surface area contributed by atoms with E-state index in [1.165, 1.54) is 12.1 Å². The maximum atomic E-state index is 11.9. The van der Waals surface area contributed by atoms with E-state index in [2.05, 4.69) is 5.32 Å². The summed E-state index contributed by atoms with van der Waals surface area (Å²) in [6.07, 6.45) is -5.24. The van der Waals surface area contributed by atoms with Crippen LogP contribution in [0.25, 0.3) is 0 Å². The lowest BCUT2D eigenvalue weighted by Crippen LogP contribution is -2.15. The molecule has 3 N–H and O–H groups in total. The van der Waals surface area contributed by atoms with E-state index in [9.17, 15) is 23.3 Å². The smallest absolute Gasteiger partial charge is 0.390 e. The summed E-state index contributed by atoms with van der Waals surface area (Å²) in [5.41, 5.74) is 5.55. The van der Waals surface area contributed by atoms with Gasteiger partial charge in [0.2, 0.25) is 0 Å². The second-order valence-corrected chi connectivity index (χ2v) is 3.32. The number of nitro groups is 1. The molecule has 0 heterocycles. The van der Waals surface area contributed by atoms with Gasteiger partial charge in [0.1, 0.15) is 0 Å². The number of nitrogens with one attached hydrogen (secondary N) is 1. The Bertz CT molecular complexity index is 420. The van der Waals surface area contributed by atoms with Crippen molar-refractivity contribution in [1.82, 2.24) is 0 Å². The number of rotatable bonds is 4. The van der Waals surface area contributed by atoms with Gasteiger partial charge in [0, 0.05) is 18.7 Å². The first kappa shape index (κ1) is 13.1. The number of benzene rings is 1. The van der Waals surface area contributed by atoms with Crippen LogP contribution in [-0.2, 0) is 0 Å². The lowest BCUT2D eigenvalue weighted by atomic mass is 10.2. The predicted octanol–water partition coefficient (Wildman–Crippen LogP) is 2.54. The molecule has 0 saturated heterocycles. The van der Waals surface area contributed by atoms with Gasteiger partial charge < -0.3 is 11.1 Å². The zero-order valence-electron chi connectivity index (χ0n) is 8.62. The van der Waals surface area contributed by atoms with E-state index in [1.54, 1.807) is 0 Å². The number of anilines is 2. The number of nitrogens with zero attached hydrogens (tertiary/aromatic N) is 1. The average Bonchev–Trinajstić information content (AvgIpc) is 2.18. The van der Waals surface area contributed by atoms with Crippen molar-refractivity contribution in [3.63, 3.8) is 0 Å². The minimum Gasteiger partial charge on any atom is -0.397 e. The van der Waals surface area contributed by atoms with Crippen LogP contribution in [0.15, 0.2) is 18.2 Å². The molecule has 1 rings (SSSR count). The lowest BCUT2D eigenvalue weighted by Gasteiger charge is -2.10. The van der Waals surface area contributed by atoms with Crippen molar-refractivity contribution < 1.29 is 18.1 Å². The summed E-state index contributed by atoms with van der Waals surface area (Å²) >= 11 is 0. The summed E-state index contributed by atoms with van der Waals surface area (Å²) in [5.74, 6) is 0. The summed E-state index contributed by atoms with van der Waals surface area (Å²) in [4.78, 5) is 9.76. The molecule has 94 valence electrons. The van der Waals surface area contributed by atoms with E-state index >= 15 is 0 Å². The normalized spacial score (nSPS) is 11.2. The third-order valence-corrected chi connectivity index (χ3v) is 1.97. The fourth-order valence-electron chi connectivity index (χ4n) is 1.16. The van der Waals surface area contributed by atoms with Gasteiger partial charge in [-0.05, 0) is 6.07 Å². The zero-order chi connectivity index (χ0) is 13.1. The van der Waals surface area contributed by atoms with Crippen molar-refractivity contribution >= 4 is 17.1 Å². The van der Waals surface area contributed by atoms with Crippen LogP contribution in [0, 0.1) is 10.1 Å². The molecular weight excluding hydrogens is 239 g/mol. The molecule has 0 aliphatic rings. The number of alkyl halides is 3. The minimum absolute atomic E-state index is 0.0429. The van der Waals surface area contributed by atoms with Crippen LogP contribution >= 0.6 is 0 Å². The second kappa shape index (κ2) is 4.89. The van der Waals surface area contributed by atoms with Gasteiger partial charge >= 0.3 is 6.18 Å². The highest BCUT2D eigenvalue weighted by molar-refractivity contribution is 5.69. The maximum absolute atomic E-state index is 11.9. The van der Waals surface area contributed by atoms with E-state index in [0.29, 0.717) is 0 Å². The molecule has 8 heteroatoms. The van der Waals surface area contributed by atoms with E-state index < -0.39 is 17.5 Å². The van der Waals surface area contributed by atoms with Gasteiger partial charge in [0.05, 0.1) is 22.7 Å². The van der Waals surface area contributed by atoms with Crippen molar-refractivity contribution in [1.29, 1.82) is 0 Å². The van der Waals surface area contributed by atoms with Crippen LogP contribution in [0.1, 0.15) is 6.42 Å². The molecule has 0 amide bonds. The number of nitrogen functional groups attached to an aromatic ring is 1.